The Kier molecular flexibility index (Phi) is 8.22. The Balaban J connectivity index is 1.19. The van der Waals surface area contributed by atoms with Crippen molar-refractivity contribution in [2.24, 2.45) is 11.8 Å². The highest BCUT2D eigenvalue weighted by molar-refractivity contribution is 6.43. The van der Waals surface area contributed by atoms with Crippen molar-refractivity contribution in [3.63, 3.8) is 0 Å². The molecule has 6 heterocycles. The number of rotatable bonds is 10. The lowest BCUT2D eigenvalue weighted by atomic mass is 9.79. The molecule has 1 amide bonds. The number of likely N-dealkylation sites (tertiary alicyclic amines) is 1. The average Bonchev–Trinajstić information content (AvgIpc) is 3.89. The molecule has 6 aliphatic rings. The number of carbonyl (C=O) groups is 1. The molecule has 3 aliphatic heterocycles. The molecule has 0 radical (unpaired) electrons. The topological polar surface area (TPSA) is 129 Å². The number of nitrogens with zero attached hydrogens (tertiary/aromatic N) is 5. The smallest absolute Gasteiger partial charge is 0.254 e. The number of halogens is 3. The SMILES string of the molecule is C[C@@H](O)c1nc2c(F)c(-c3cccc(Cl)c3Cl)c(CCC#N)cc2c2c1cc([C@H]1C[C@H](Oc3cc(C4CC4)on3)CN1C(=O)C1CC1)n2[C@H]1[C@H]2CN[C@@H]1C2. The highest BCUT2D eigenvalue weighted by Gasteiger charge is 2.51. The minimum atomic E-state index is -1.02. The summed E-state index contributed by atoms with van der Waals surface area (Å²) >= 11 is 13.1. The maximum Gasteiger partial charge on any atom is 0.254 e. The number of nitriles is 1. The summed E-state index contributed by atoms with van der Waals surface area (Å²) in [6.45, 7) is 2.90. The van der Waals surface area contributed by atoms with Crippen LogP contribution in [0.15, 0.2) is 40.9 Å². The monoisotopic (exact) mass is 768 g/mol. The number of benzene rings is 2. The molecule has 0 spiro atoms. The second kappa shape index (κ2) is 12.9. The second-order valence-electron chi connectivity index (χ2n) is 15.9. The van der Waals surface area contributed by atoms with Crippen molar-refractivity contribution in [1.82, 2.24) is 24.9 Å². The number of carbonyl (C=O) groups excluding carboxylic acids is 1. The Labute approximate surface area is 321 Å². The Morgan fingerprint density at radius 1 is 1.19 bits per heavy atom. The number of fused-ring (bicyclic) bond motifs is 4. The van der Waals surface area contributed by atoms with Crippen molar-refractivity contribution < 1.29 is 23.6 Å². The van der Waals surface area contributed by atoms with E-state index in [-0.39, 0.29) is 70.0 Å². The molecule has 13 heteroatoms. The van der Waals surface area contributed by atoms with Crippen LogP contribution in [0, 0.1) is 29.0 Å². The van der Waals surface area contributed by atoms with Gasteiger partial charge in [-0.2, -0.15) is 5.26 Å². The van der Waals surface area contributed by atoms with Gasteiger partial charge in [-0.25, -0.2) is 9.37 Å². The summed E-state index contributed by atoms with van der Waals surface area (Å²) in [4.78, 5) is 20.9. The number of hydrogen-bond acceptors (Lipinski definition) is 8. The molecule has 10 nitrogen and oxygen atoms in total. The molecule has 54 heavy (non-hydrogen) atoms. The number of ether oxygens (including phenoxy) is 1. The number of aliphatic hydroxyl groups is 1. The van der Waals surface area contributed by atoms with Gasteiger partial charge in [-0.15, -0.1) is 0 Å². The predicted octanol–water partition coefficient (Wildman–Crippen LogP) is 8.34. The molecule has 3 aliphatic carbocycles. The molecule has 2 N–H and O–H groups in total. The van der Waals surface area contributed by atoms with Crippen molar-refractivity contribution in [2.75, 3.05) is 13.1 Å². The minimum absolute atomic E-state index is 0.0109. The van der Waals surface area contributed by atoms with Gasteiger partial charge >= 0.3 is 0 Å². The molecule has 0 unspecified atom stereocenters. The van der Waals surface area contributed by atoms with Crippen LogP contribution in [0.2, 0.25) is 10.0 Å². The van der Waals surface area contributed by atoms with Crippen LogP contribution in [-0.4, -0.2) is 55.9 Å². The van der Waals surface area contributed by atoms with Crippen LogP contribution in [-0.2, 0) is 11.2 Å². The fraction of sp³-hybridized carbons (Fsp3) is 0.463. The van der Waals surface area contributed by atoms with Gasteiger partial charge in [-0.05, 0) is 80.3 Å². The van der Waals surface area contributed by atoms with Crippen LogP contribution < -0.4 is 10.1 Å². The third kappa shape index (κ3) is 5.51. The normalized spacial score (nSPS) is 25.3. The Morgan fingerprint density at radius 3 is 2.72 bits per heavy atom. The molecule has 278 valence electrons. The van der Waals surface area contributed by atoms with Gasteiger partial charge in [0.2, 0.25) is 5.91 Å². The first-order valence-corrected chi connectivity index (χ1v) is 19.8. The number of aryl methyl sites for hydroxylation is 1. The number of aromatic nitrogens is 3. The first-order chi connectivity index (χ1) is 26.2. The summed E-state index contributed by atoms with van der Waals surface area (Å²) in [5, 5.41) is 30.6. The van der Waals surface area contributed by atoms with Crippen LogP contribution in [0.4, 0.5) is 4.39 Å². The lowest BCUT2D eigenvalue weighted by Crippen LogP contribution is -2.41. The predicted molar refractivity (Wildman–Crippen MR) is 201 cm³/mol. The molecule has 3 aromatic heterocycles. The van der Waals surface area contributed by atoms with E-state index in [0.29, 0.717) is 58.3 Å². The molecular weight excluding hydrogens is 730 g/mol. The van der Waals surface area contributed by atoms with E-state index in [1.165, 1.54) is 0 Å². The van der Waals surface area contributed by atoms with Gasteiger partial charge in [-0.3, -0.25) is 4.79 Å². The van der Waals surface area contributed by atoms with E-state index in [1.54, 1.807) is 25.1 Å². The van der Waals surface area contributed by atoms with Crippen molar-refractivity contribution in [3.05, 3.63) is 75.0 Å². The summed E-state index contributed by atoms with van der Waals surface area (Å²) in [6, 6.07) is 13.1. The highest BCUT2D eigenvalue weighted by atomic mass is 35.5. The van der Waals surface area contributed by atoms with Crippen molar-refractivity contribution >= 4 is 50.9 Å². The molecule has 3 saturated heterocycles. The van der Waals surface area contributed by atoms with Crippen molar-refractivity contribution in [2.45, 2.75) is 94.5 Å². The molecule has 2 aromatic carbocycles. The molecule has 2 bridgehead atoms. The third-order valence-corrected chi connectivity index (χ3v) is 13.1. The Hall–Kier alpha value is -4.21. The number of hydrogen-bond donors (Lipinski definition) is 2. The molecule has 5 aromatic rings. The van der Waals surface area contributed by atoms with Gasteiger partial charge in [0.15, 0.2) is 5.82 Å². The maximum atomic E-state index is 17.4. The van der Waals surface area contributed by atoms with Gasteiger partial charge < -0.3 is 29.2 Å². The van der Waals surface area contributed by atoms with Gasteiger partial charge in [0.25, 0.3) is 5.88 Å². The van der Waals surface area contributed by atoms with E-state index < -0.39 is 11.9 Å². The summed E-state index contributed by atoms with van der Waals surface area (Å²) in [5.74, 6) is 1.53. The van der Waals surface area contributed by atoms with Gasteiger partial charge in [0, 0.05) is 70.9 Å². The largest absolute Gasteiger partial charge is 0.470 e. The molecule has 6 atom stereocenters. The Morgan fingerprint density at radius 2 is 2.02 bits per heavy atom. The number of amides is 1. The number of nitrogens with one attached hydrogen (secondary N) is 1. The number of pyridine rings is 1. The van der Waals surface area contributed by atoms with Gasteiger partial charge in [-0.1, -0.05) is 35.3 Å². The average molecular weight is 770 g/mol. The van der Waals surface area contributed by atoms with Crippen LogP contribution in [0.25, 0.3) is 32.9 Å². The van der Waals surface area contributed by atoms with E-state index >= 15 is 4.39 Å². The van der Waals surface area contributed by atoms with E-state index in [4.69, 9.17) is 37.4 Å². The molecule has 11 rings (SSSR count). The summed E-state index contributed by atoms with van der Waals surface area (Å²) in [5.41, 5.74) is 3.41. The third-order valence-electron chi connectivity index (χ3n) is 12.3. The minimum Gasteiger partial charge on any atom is -0.470 e. The second-order valence-corrected chi connectivity index (χ2v) is 16.6. The zero-order chi connectivity index (χ0) is 37.0. The fourth-order valence-electron chi connectivity index (χ4n) is 9.32. The van der Waals surface area contributed by atoms with Crippen LogP contribution in [0.1, 0.15) is 98.7 Å². The van der Waals surface area contributed by atoms with Crippen LogP contribution in [0.3, 0.4) is 0 Å². The standard InChI is InChI=1S/C41H39Cl2FN6O4/c1-19(51)37-27-15-31(30-14-24(18-49(30)41(52)21-9-10-21)53-33-16-32(54-48-33)20-7-8-20)50(39-23-13-29(39)46-17-23)40(27)26-12-22(4-3-11-45)34(36(44)38(26)47-37)25-5-2-6-28(42)35(25)43/h2,5-6,12,15-16,19-21,23-24,29-30,39,46,51H,3-4,7-10,13-14,17-18H2,1H3/t19-,23-,24+,29-,30-,39+/m1/s1. The van der Waals surface area contributed by atoms with Crippen LogP contribution in [0.5, 0.6) is 5.88 Å². The quantitative estimate of drug-likeness (QED) is 0.145. The van der Waals surface area contributed by atoms with Gasteiger partial charge in [0.1, 0.15) is 17.4 Å². The van der Waals surface area contributed by atoms with E-state index in [0.717, 1.165) is 55.6 Å². The lowest BCUT2D eigenvalue weighted by molar-refractivity contribution is -0.133. The van der Waals surface area contributed by atoms with E-state index in [9.17, 15) is 15.2 Å². The zero-order valence-electron chi connectivity index (χ0n) is 29.7. The molecule has 3 saturated carbocycles. The van der Waals surface area contributed by atoms with E-state index in [2.05, 4.69) is 27.2 Å². The fourth-order valence-corrected chi connectivity index (χ4v) is 9.71. The van der Waals surface area contributed by atoms with Crippen molar-refractivity contribution in [1.29, 1.82) is 5.26 Å². The highest BCUT2D eigenvalue weighted by Crippen LogP contribution is 2.52. The van der Waals surface area contributed by atoms with Crippen LogP contribution >= 0.6 is 23.2 Å². The summed E-state index contributed by atoms with van der Waals surface area (Å²) < 4.78 is 31.7. The molecular formula is C41H39Cl2FN6O4. The van der Waals surface area contributed by atoms with Crippen molar-refractivity contribution in [3.8, 4) is 23.1 Å². The first kappa shape index (κ1) is 34.3. The maximum absolute atomic E-state index is 17.4. The van der Waals surface area contributed by atoms with Gasteiger partial charge in [0.05, 0.1) is 52.1 Å². The first-order valence-electron chi connectivity index (χ1n) is 19.1. The molecule has 6 fully saturated rings. The summed E-state index contributed by atoms with van der Waals surface area (Å²) in [6.07, 6.45) is 4.56. The lowest BCUT2D eigenvalue weighted by Gasteiger charge is -2.39. The summed E-state index contributed by atoms with van der Waals surface area (Å²) in [7, 11) is 0. The zero-order valence-corrected chi connectivity index (χ0v) is 31.2. The number of aliphatic hydroxyl groups excluding tert-OH is 1. The Bertz CT molecular complexity index is 2380. The van der Waals surface area contributed by atoms with E-state index in [1.807, 2.05) is 17.0 Å².